The van der Waals surface area contributed by atoms with Crippen molar-refractivity contribution in [3.63, 3.8) is 0 Å². The number of hydrogen-bond acceptors (Lipinski definition) is 2. The van der Waals surface area contributed by atoms with E-state index in [4.69, 9.17) is 4.42 Å². The number of rotatable bonds is 5. The second-order valence-corrected chi connectivity index (χ2v) is 4.34. The Labute approximate surface area is 102 Å². The molecule has 17 heavy (non-hydrogen) atoms. The normalized spacial score (nSPS) is 12.8. The Morgan fingerprint density at radius 2 is 2.18 bits per heavy atom. The topological polar surface area (TPSA) is 25.2 Å². The average molecular weight is 229 g/mol. The summed E-state index contributed by atoms with van der Waals surface area (Å²) in [7, 11) is 0. The van der Waals surface area contributed by atoms with Crippen LogP contribution in [-0.4, -0.2) is 6.54 Å². The Morgan fingerprint density at radius 1 is 1.41 bits per heavy atom. The van der Waals surface area contributed by atoms with Crippen LogP contribution in [0.2, 0.25) is 0 Å². The minimum absolute atomic E-state index is 0.238. The van der Waals surface area contributed by atoms with Crippen molar-refractivity contribution in [1.82, 2.24) is 5.32 Å². The van der Waals surface area contributed by atoms with Crippen LogP contribution in [0.15, 0.2) is 41.3 Å². The first-order valence-corrected chi connectivity index (χ1v) is 6.06. The minimum Gasteiger partial charge on any atom is -0.459 e. The zero-order chi connectivity index (χ0) is 12.3. The van der Waals surface area contributed by atoms with E-state index < -0.39 is 0 Å². The molecule has 1 unspecified atom stereocenters. The summed E-state index contributed by atoms with van der Waals surface area (Å²) in [4.78, 5) is 0. The highest BCUT2D eigenvalue weighted by molar-refractivity contribution is 5.82. The van der Waals surface area contributed by atoms with Crippen LogP contribution < -0.4 is 5.32 Å². The van der Waals surface area contributed by atoms with Crippen molar-refractivity contribution in [3.8, 4) is 0 Å². The third kappa shape index (κ3) is 2.42. The summed E-state index contributed by atoms with van der Waals surface area (Å²) in [5.74, 6) is 1.04. The van der Waals surface area contributed by atoms with Crippen molar-refractivity contribution in [3.05, 3.63) is 48.2 Å². The largest absolute Gasteiger partial charge is 0.459 e. The van der Waals surface area contributed by atoms with Gasteiger partial charge in [0.1, 0.15) is 11.3 Å². The first-order chi connectivity index (χ1) is 8.24. The summed E-state index contributed by atoms with van der Waals surface area (Å²) in [5, 5.41) is 4.64. The lowest BCUT2D eigenvalue weighted by Gasteiger charge is -2.11. The van der Waals surface area contributed by atoms with Crippen LogP contribution in [0.3, 0.4) is 0 Å². The van der Waals surface area contributed by atoms with Gasteiger partial charge in [0.25, 0.3) is 0 Å². The van der Waals surface area contributed by atoms with Gasteiger partial charge in [-0.2, -0.15) is 0 Å². The third-order valence-electron chi connectivity index (χ3n) is 3.07. The van der Waals surface area contributed by atoms with Crippen molar-refractivity contribution in [2.24, 2.45) is 0 Å². The van der Waals surface area contributed by atoms with Gasteiger partial charge in [-0.05, 0) is 38.4 Å². The zero-order valence-corrected chi connectivity index (χ0v) is 10.5. The number of hydrogen-bond donors (Lipinski definition) is 1. The van der Waals surface area contributed by atoms with Crippen LogP contribution in [0, 0.1) is 6.92 Å². The number of benzene rings is 1. The molecule has 0 aliphatic heterocycles. The van der Waals surface area contributed by atoms with Gasteiger partial charge in [-0.25, -0.2) is 0 Å². The second-order valence-electron chi connectivity index (χ2n) is 4.34. The first kappa shape index (κ1) is 11.9. The van der Waals surface area contributed by atoms with Gasteiger partial charge in [-0.15, -0.1) is 6.58 Å². The van der Waals surface area contributed by atoms with E-state index in [9.17, 15) is 0 Å². The molecular formula is C15H19NO. The summed E-state index contributed by atoms with van der Waals surface area (Å²) in [6.07, 6.45) is 2.90. The van der Waals surface area contributed by atoms with Gasteiger partial charge in [-0.3, -0.25) is 0 Å². The molecule has 2 nitrogen and oxygen atoms in total. The molecule has 0 saturated heterocycles. The van der Waals surface area contributed by atoms with E-state index in [1.165, 1.54) is 10.9 Å². The van der Waals surface area contributed by atoms with Crippen LogP contribution in [0.4, 0.5) is 0 Å². The summed E-state index contributed by atoms with van der Waals surface area (Å²) in [6, 6.07) is 8.41. The van der Waals surface area contributed by atoms with Crippen LogP contribution in [0.1, 0.15) is 30.7 Å². The molecule has 0 bridgehead atoms. The molecule has 1 atom stereocenters. The third-order valence-corrected chi connectivity index (χ3v) is 3.07. The number of nitrogens with one attached hydrogen (secondary N) is 1. The van der Waals surface area contributed by atoms with Crippen molar-refractivity contribution < 1.29 is 4.42 Å². The van der Waals surface area contributed by atoms with E-state index in [0.29, 0.717) is 0 Å². The van der Waals surface area contributed by atoms with Gasteiger partial charge in [0.15, 0.2) is 0 Å². The summed E-state index contributed by atoms with van der Waals surface area (Å²) in [5.41, 5.74) is 2.21. The zero-order valence-electron chi connectivity index (χ0n) is 10.5. The number of fused-ring (bicyclic) bond motifs is 1. The van der Waals surface area contributed by atoms with Gasteiger partial charge in [0, 0.05) is 5.39 Å². The number of furan rings is 1. The maximum Gasteiger partial charge on any atom is 0.134 e. The molecular weight excluding hydrogens is 210 g/mol. The summed E-state index contributed by atoms with van der Waals surface area (Å²) >= 11 is 0. The lowest BCUT2D eigenvalue weighted by molar-refractivity contribution is 0.451. The first-order valence-electron chi connectivity index (χ1n) is 6.06. The van der Waals surface area contributed by atoms with Gasteiger partial charge >= 0.3 is 0 Å². The molecule has 0 aliphatic carbocycles. The molecule has 0 fully saturated rings. The predicted molar refractivity (Wildman–Crippen MR) is 72.2 cm³/mol. The number of para-hydroxylation sites is 1. The molecule has 0 spiro atoms. The van der Waals surface area contributed by atoms with Crippen LogP contribution in [0.25, 0.3) is 11.0 Å². The van der Waals surface area contributed by atoms with E-state index in [2.05, 4.69) is 31.8 Å². The van der Waals surface area contributed by atoms with E-state index in [1.807, 2.05) is 24.3 Å². The predicted octanol–water partition coefficient (Wildman–Crippen LogP) is 3.97. The molecule has 2 rings (SSSR count). The highest BCUT2D eigenvalue weighted by Gasteiger charge is 2.15. The van der Waals surface area contributed by atoms with Crippen LogP contribution in [-0.2, 0) is 0 Å². The lowest BCUT2D eigenvalue weighted by Crippen LogP contribution is -2.19. The second kappa shape index (κ2) is 5.19. The van der Waals surface area contributed by atoms with Crippen molar-refractivity contribution in [2.75, 3.05) is 6.54 Å². The van der Waals surface area contributed by atoms with Gasteiger partial charge < -0.3 is 9.73 Å². The van der Waals surface area contributed by atoms with Crippen molar-refractivity contribution in [2.45, 2.75) is 26.3 Å². The summed E-state index contributed by atoms with van der Waals surface area (Å²) in [6.45, 7) is 8.90. The fraction of sp³-hybridized carbons (Fsp3) is 0.333. The van der Waals surface area contributed by atoms with Gasteiger partial charge in [0.05, 0.1) is 6.04 Å². The molecule has 0 radical (unpaired) electrons. The molecule has 1 aromatic carbocycles. The Morgan fingerprint density at radius 3 is 2.88 bits per heavy atom. The molecule has 0 saturated carbocycles. The van der Waals surface area contributed by atoms with E-state index in [0.717, 1.165) is 24.3 Å². The van der Waals surface area contributed by atoms with E-state index >= 15 is 0 Å². The molecule has 2 aromatic rings. The molecule has 1 heterocycles. The highest BCUT2D eigenvalue weighted by atomic mass is 16.3. The average Bonchev–Trinajstić information content (AvgIpc) is 2.68. The van der Waals surface area contributed by atoms with Crippen molar-refractivity contribution >= 4 is 11.0 Å². The monoisotopic (exact) mass is 229 g/mol. The van der Waals surface area contributed by atoms with Crippen molar-refractivity contribution in [1.29, 1.82) is 0 Å². The fourth-order valence-corrected chi connectivity index (χ4v) is 2.10. The Kier molecular flexibility index (Phi) is 3.64. The minimum atomic E-state index is 0.238. The maximum atomic E-state index is 5.90. The quantitative estimate of drug-likeness (QED) is 0.620. The molecule has 90 valence electrons. The van der Waals surface area contributed by atoms with E-state index in [-0.39, 0.29) is 6.04 Å². The standard InChI is InChI=1S/C15H19NO/c1-4-5-10-16-12(3)15-11(2)13-8-6-7-9-14(13)17-15/h4,6-9,12,16H,1,5,10H2,2-3H3. The SMILES string of the molecule is C=CCCNC(C)c1oc2ccccc2c1C. The smallest absolute Gasteiger partial charge is 0.134 e. The molecule has 1 aromatic heterocycles. The molecule has 1 N–H and O–H groups in total. The summed E-state index contributed by atoms with van der Waals surface area (Å²) < 4.78 is 5.90. The Balaban J connectivity index is 2.22. The van der Waals surface area contributed by atoms with E-state index in [1.54, 1.807) is 0 Å². The van der Waals surface area contributed by atoms with Crippen LogP contribution >= 0.6 is 0 Å². The van der Waals surface area contributed by atoms with Gasteiger partial charge in [-0.1, -0.05) is 24.3 Å². The Hall–Kier alpha value is -1.54. The number of aryl methyl sites for hydroxylation is 1. The fourth-order valence-electron chi connectivity index (χ4n) is 2.10. The molecule has 0 amide bonds. The maximum absolute atomic E-state index is 5.90. The lowest BCUT2D eigenvalue weighted by atomic mass is 10.1. The highest BCUT2D eigenvalue weighted by Crippen LogP contribution is 2.28. The molecule has 0 aliphatic rings. The van der Waals surface area contributed by atoms with Gasteiger partial charge in [0.2, 0.25) is 0 Å². The molecule has 2 heteroatoms. The Bertz CT molecular complexity index is 513. The van der Waals surface area contributed by atoms with Crippen LogP contribution in [0.5, 0.6) is 0 Å².